The molecule has 0 radical (unpaired) electrons. The van der Waals surface area contributed by atoms with E-state index in [0.29, 0.717) is 43.1 Å². The molecular weight excluding hydrogens is 456 g/mol. The summed E-state index contributed by atoms with van der Waals surface area (Å²) in [6.45, 7) is 8.28. The highest BCUT2D eigenvalue weighted by Crippen LogP contribution is 2.47. The van der Waals surface area contributed by atoms with Gasteiger partial charge >= 0.3 is 0 Å². The number of halogens is 1. The third-order valence-corrected chi connectivity index (χ3v) is 7.16. The van der Waals surface area contributed by atoms with E-state index in [4.69, 9.17) is 26.5 Å². The maximum atomic E-state index is 13.3. The molecular formula is C25H35ClN4O4. The largest absolute Gasteiger partial charge is 0.487 e. The number of hydrogen-bond acceptors (Lipinski definition) is 5. The highest BCUT2D eigenvalue weighted by molar-refractivity contribution is 6.30. The van der Waals surface area contributed by atoms with E-state index in [2.05, 4.69) is 10.6 Å². The fourth-order valence-electron chi connectivity index (χ4n) is 5.31. The van der Waals surface area contributed by atoms with Crippen molar-refractivity contribution in [3.8, 4) is 5.75 Å². The summed E-state index contributed by atoms with van der Waals surface area (Å²) in [5, 5.41) is 15.4. The predicted octanol–water partition coefficient (Wildman–Crippen LogP) is 3.63. The lowest BCUT2D eigenvalue weighted by atomic mass is 9.89. The van der Waals surface area contributed by atoms with Crippen LogP contribution < -0.4 is 15.4 Å². The number of guanidine groups is 1. The Morgan fingerprint density at radius 2 is 2.12 bits per heavy atom. The third kappa shape index (κ3) is 5.18. The second-order valence-electron chi connectivity index (χ2n) is 11.0. The van der Waals surface area contributed by atoms with E-state index in [-0.39, 0.29) is 41.7 Å². The average molecular weight is 491 g/mol. The summed E-state index contributed by atoms with van der Waals surface area (Å²) in [5.74, 6) is 0.461. The van der Waals surface area contributed by atoms with Crippen LogP contribution in [0.25, 0.3) is 0 Å². The Kier molecular flexibility index (Phi) is 6.59. The van der Waals surface area contributed by atoms with E-state index in [0.717, 1.165) is 5.56 Å². The first kappa shape index (κ1) is 24.8. The molecule has 2 heterocycles. The standard InChI is InChI=1S/C25H35ClN4O4/c1-24(2)13-21(31)30(23(27)29-24)19(8-9-33-5)16-11-17(16)22(32)28-18-12-25(3,4)34-20-10-14(26)6-7-15(18)20/h6-7,10,16-19H,8-9,11-13H2,1-5H3,(H2,27,29)(H,28,32)/t16-,17-,18-,19-/m1/s1. The van der Waals surface area contributed by atoms with E-state index >= 15 is 0 Å². The lowest BCUT2D eigenvalue weighted by Crippen LogP contribution is -2.63. The minimum Gasteiger partial charge on any atom is -0.487 e. The van der Waals surface area contributed by atoms with E-state index < -0.39 is 11.1 Å². The Labute approximate surface area is 206 Å². The number of benzene rings is 1. The molecule has 0 unspecified atom stereocenters. The van der Waals surface area contributed by atoms with Gasteiger partial charge in [-0.05, 0) is 58.6 Å². The van der Waals surface area contributed by atoms with Gasteiger partial charge < -0.3 is 20.1 Å². The number of carbonyl (C=O) groups is 2. The van der Waals surface area contributed by atoms with Crippen molar-refractivity contribution in [3.05, 3.63) is 28.8 Å². The van der Waals surface area contributed by atoms with Gasteiger partial charge in [0.1, 0.15) is 11.4 Å². The number of methoxy groups -OCH3 is 1. The van der Waals surface area contributed by atoms with Crippen molar-refractivity contribution in [2.75, 3.05) is 13.7 Å². The predicted molar refractivity (Wildman–Crippen MR) is 130 cm³/mol. The zero-order chi connectivity index (χ0) is 24.8. The van der Waals surface area contributed by atoms with Crippen LogP contribution in [-0.2, 0) is 14.3 Å². The molecule has 4 rings (SSSR count). The van der Waals surface area contributed by atoms with E-state index in [1.807, 2.05) is 39.8 Å². The quantitative estimate of drug-likeness (QED) is 0.541. The summed E-state index contributed by atoms with van der Waals surface area (Å²) in [4.78, 5) is 27.8. The van der Waals surface area contributed by atoms with Gasteiger partial charge in [-0.1, -0.05) is 17.7 Å². The van der Waals surface area contributed by atoms with Crippen molar-refractivity contribution in [1.29, 1.82) is 5.41 Å². The van der Waals surface area contributed by atoms with Gasteiger partial charge in [0, 0.05) is 54.6 Å². The second kappa shape index (κ2) is 9.04. The molecule has 8 nitrogen and oxygen atoms in total. The Bertz CT molecular complexity index is 975. The molecule has 0 spiro atoms. The van der Waals surface area contributed by atoms with Crippen molar-refractivity contribution in [2.24, 2.45) is 11.8 Å². The lowest BCUT2D eigenvalue weighted by molar-refractivity contribution is -0.133. The van der Waals surface area contributed by atoms with Crippen molar-refractivity contribution in [2.45, 2.75) is 76.6 Å². The Hall–Kier alpha value is -2.32. The molecule has 2 aliphatic heterocycles. The molecule has 1 saturated carbocycles. The summed E-state index contributed by atoms with van der Waals surface area (Å²) in [7, 11) is 1.62. The molecule has 0 aromatic heterocycles. The van der Waals surface area contributed by atoms with Crippen LogP contribution in [0.15, 0.2) is 18.2 Å². The van der Waals surface area contributed by atoms with Crippen LogP contribution in [0.2, 0.25) is 5.02 Å². The summed E-state index contributed by atoms with van der Waals surface area (Å²) in [5.41, 5.74) is 0.0284. The lowest BCUT2D eigenvalue weighted by Gasteiger charge is -2.42. The molecule has 9 heteroatoms. The number of ether oxygens (including phenoxy) is 2. The van der Waals surface area contributed by atoms with Crippen LogP contribution in [0.5, 0.6) is 5.75 Å². The van der Waals surface area contributed by atoms with E-state index in [1.54, 1.807) is 13.2 Å². The number of rotatable bonds is 7. The maximum absolute atomic E-state index is 13.3. The van der Waals surface area contributed by atoms with Gasteiger partial charge in [-0.15, -0.1) is 0 Å². The molecule has 1 aromatic carbocycles. The van der Waals surface area contributed by atoms with Crippen molar-refractivity contribution >= 4 is 29.4 Å². The first-order chi connectivity index (χ1) is 15.9. The van der Waals surface area contributed by atoms with Crippen LogP contribution in [0, 0.1) is 17.2 Å². The molecule has 4 atom stereocenters. The Balaban J connectivity index is 1.48. The fraction of sp³-hybridized carbons (Fsp3) is 0.640. The van der Waals surface area contributed by atoms with Crippen LogP contribution >= 0.6 is 11.6 Å². The smallest absolute Gasteiger partial charge is 0.231 e. The fourth-order valence-corrected chi connectivity index (χ4v) is 5.47. The van der Waals surface area contributed by atoms with Gasteiger partial charge in [0.05, 0.1) is 6.04 Å². The first-order valence-corrected chi connectivity index (χ1v) is 12.3. The first-order valence-electron chi connectivity index (χ1n) is 11.9. The second-order valence-corrected chi connectivity index (χ2v) is 11.4. The van der Waals surface area contributed by atoms with Crippen LogP contribution in [0.4, 0.5) is 0 Å². The number of nitrogens with one attached hydrogen (secondary N) is 3. The summed E-state index contributed by atoms with van der Waals surface area (Å²) >= 11 is 6.16. The molecule has 2 amide bonds. The minimum absolute atomic E-state index is 0.0139. The van der Waals surface area contributed by atoms with Gasteiger partial charge in [0.15, 0.2) is 5.96 Å². The zero-order valence-corrected chi connectivity index (χ0v) is 21.3. The van der Waals surface area contributed by atoms with E-state index in [9.17, 15) is 9.59 Å². The summed E-state index contributed by atoms with van der Waals surface area (Å²) in [6, 6.07) is 5.07. The topological polar surface area (TPSA) is 104 Å². The highest BCUT2D eigenvalue weighted by atomic mass is 35.5. The molecule has 3 aliphatic rings. The number of carbonyl (C=O) groups excluding carboxylic acids is 2. The third-order valence-electron chi connectivity index (χ3n) is 6.93. The normalized spacial score (nSPS) is 27.8. The number of amides is 2. The van der Waals surface area contributed by atoms with Crippen molar-refractivity contribution < 1.29 is 19.1 Å². The van der Waals surface area contributed by atoms with Crippen molar-refractivity contribution in [1.82, 2.24) is 15.5 Å². The summed E-state index contributed by atoms with van der Waals surface area (Å²) in [6.07, 6.45) is 2.21. The Morgan fingerprint density at radius 1 is 1.38 bits per heavy atom. The minimum atomic E-state index is -0.455. The molecule has 1 aliphatic carbocycles. The monoisotopic (exact) mass is 490 g/mol. The molecule has 186 valence electrons. The van der Waals surface area contributed by atoms with E-state index in [1.165, 1.54) is 4.90 Å². The van der Waals surface area contributed by atoms with Crippen LogP contribution in [0.1, 0.15) is 65.0 Å². The number of nitrogens with zero attached hydrogens (tertiary/aromatic N) is 1. The van der Waals surface area contributed by atoms with Crippen LogP contribution in [0.3, 0.4) is 0 Å². The number of fused-ring (bicyclic) bond motifs is 1. The van der Waals surface area contributed by atoms with Crippen LogP contribution in [-0.4, -0.2) is 53.6 Å². The van der Waals surface area contributed by atoms with Gasteiger partial charge in [0.2, 0.25) is 11.8 Å². The zero-order valence-electron chi connectivity index (χ0n) is 20.5. The average Bonchev–Trinajstić information content (AvgIpc) is 3.48. The molecule has 2 fully saturated rings. The molecule has 1 aromatic rings. The molecule has 1 saturated heterocycles. The summed E-state index contributed by atoms with van der Waals surface area (Å²) < 4.78 is 11.4. The maximum Gasteiger partial charge on any atom is 0.231 e. The Morgan fingerprint density at radius 3 is 2.79 bits per heavy atom. The molecule has 34 heavy (non-hydrogen) atoms. The van der Waals surface area contributed by atoms with Gasteiger partial charge in [0.25, 0.3) is 0 Å². The highest BCUT2D eigenvalue weighted by Gasteiger charge is 2.53. The van der Waals surface area contributed by atoms with Gasteiger partial charge in [-0.2, -0.15) is 0 Å². The van der Waals surface area contributed by atoms with Crippen molar-refractivity contribution in [3.63, 3.8) is 0 Å². The number of hydrogen-bond donors (Lipinski definition) is 3. The van der Waals surface area contributed by atoms with Gasteiger partial charge in [-0.25, -0.2) is 0 Å². The SMILES string of the molecule is COCC[C@H]([C@@H]1C[C@H]1C(=O)N[C@@H]1CC(C)(C)Oc2cc(Cl)ccc21)N1C(=N)NC(C)(C)CC1=O. The van der Waals surface area contributed by atoms with Gasteiger partial charge in [-0.3, -0.25) is 19.9 Å². The molecule has 3 N–H and O–H groups in total. The molecule has 0 bridgehead atoms.